The molecule has 2 rings (SSSR count). The number of hydrogen-bond acceptors (Lipinski definition) is 4. The second kappa shape index (κ2) is 5.96. The number of rotatable bonds is 4. The highest BCUT2D eigenvalue weighted by Gasteiger charge is 2.22. The molecule has 100 valence electrons. The smallest absolute Gasteiger partial charge is 0.124 e. The van der Waals surface area contributed by atoms with Crippen LogP contribution in [0.25, 0.3) is 0 Å². The normalized spacial score (nSPS) is 23.5. The number of methoxy groups -OCH3 is 2. The highest BCUT2D eigenvalue weighted by molar-refractivity contribution is 5.54. The molecule has 0 heterocycles. The van der Waals surface area contributed by atoms with E-state index in [1.807, 2.05) is 18.2 Å². The summed E-state index contributed by atoms with van der Waals surface area (Å²) < 4.78 is 10.5. The molecule has 4 heteroatoms. The standard InChI is InChI=1S/C14H21NO3/c1-17-11-7-10(8-12(9-11)18-2)15-13-5-3-4-6-14(13)16/h7-9,13-16H,3-6H2,1-2H3. The zero-order chi connectivity index (χ0) is 13.0. The van der Waals surface area contributed by atoms with Crippen LogP contribution in [0.4, 0.5) is 5.69 Å². The van der Waals surface area contributed by atoms with Crippen molar-refractivity contribution in [1.82, 2.24) is 0 Å². The minimum atomic E-state index is -0.268. The Kier molecular flexibility index (Phi) is 4.31. The van der Waals surface area contributed by atoms with Gasteiger partial charge in [-0.15, -0.1) is 0 Å². The summed E-state index contributed by atoms with van der Waals surface area (Å²) in [6, 6.07) is 5.80. The molecule has 0 radical (unpaired) electrons. The fourth-order valence-electron chi connectivity index (χ4n) is 2.38. The van der Waals surface area contributed by atoms with E-state index >= 15 is 0 Å². The summed E-state index contributed by atoms with van der Waals surface area (Å²) in [4.78, 5) is 0. The van der Waals surface area contributed by atoms with E-state index in [-0.39, 0.29) is 12.1 Å². The average Bonchev–Trinajstić information content (AvgIpc) is 2.41. The largest absolute Gasteiger partial charge is 0.497 e. The predicted octanol–water partition coefficient (Wildman–Crippen LogP) is 2.42. The van der Waals surface area contributed by atoms with Crippen molar-refractivity contribution in [3.05, 3.63) is 18.2 Å². The second-order valence-electron chi connectivity index (χ2n) is 4.70. The lowest BCUT2D eigenvalue weighted by atomic mass is 9.92. The van der Waals surface area contributed by atoms with Crippen molar-refractivity contribution in [2.45, 2.75) is 37.8 Å². The van der Waals surface area contributed by atoms with Crippen molar-refractivity contribution in [3.8, 4) is 11.5 Å². The van der Waals surface area contributed by atoms with Gasteiger partial charge in [-0.1, -0.05) is 12.8 Å². The molecule has 0 aromatic heterocycles. The maximum Gasteiger partial charge on any atom is 0.124 e. The molecular weight excluding hydrogens is 230 g/mol. The van der Waals surface area contributed by atoms with Gasteiger partial charge in [-0.2, -0.15) is 0 Å². The number of aliphatic hydroxyl groups excluding tert-OH is 1. The molecule has 0 bridgehead atoms. The van der Waals surface area contributed by atoms with Gasteiger partial charge in [-0.3, -0.25) is 0 Å². The van der Waals surface area contributed by atoms with Crippen molar-refractivity contribution in [1.29, 1.82) is 0 Å². The van der Waals surface area contributed by atoms with Gasteiger partial charge in [0, 0.05) is 23.9 Å². The van der Waals surface area contributed by atoms with Gasteiger partial charge in [0.05, 0.1) is 26.4 Å². The first-order valence-electron chi connectivity index (χ1n) is 6.40. The Bertz CT molecular complexity index is 372. The first-order valence-corrected chi connectivity index (χ1v) is 6.40. The first-order chi connectivity index (χ1) is 8.72. The van der Waals surface area contributed by atoms with Crippen molar-refractivity contribution in [3.63, 3.8) is 0 Å². The van der Waals surface area contributed by atoms with Crippen LogP contribution in [-0.4, -0.2) is 31.5 Å². The summed E-state index contributed by atoms with van der Waals surface area (Å²) in [5.74, 6) is 1.50. The van der Waals surface area contributed by atoms with Crippen molar-refractivity contribution >= 4 is 5.69 Å². The third-order valence-corrected chi connectivity index (χ3v) is 3.43. The van der Waals surface area contributed by atoms with Crippen LogP contribution >= 0.6 is 0 Å². The lowest BCUT2D eigenvalue weighted by Gasteiger charge is -2.29. The lowest BCUT2D eigenvalue weighted by Crippen LogP contribution is -2.36. The van der Waals surface area contributed by atoms with Gasteiger partial charge in [0.15, 0.2) is 0 Å². The monoisotopic (exact) mass is 251 g/mol. The zero-order valence-electron chi connectivity index (χ0n) is 11.0. The van der Waals surface area contributed by atoms with E-state index < -0.39 is 0 Å². The number of ether oxygens (including phenoxy) is 2. The molecule has 2 unspecified atom stereocenters. The molecule has 0 spiro atoms. The van der Waals surface area contributed by atoms with E-state index in [9.17, 15) is 5.11 Å². The quantitative estimate of drug-likeness (QED) is 0.863. The molecule has 2 N–H and O–H groups in total. The molecule has 1 aliphatic carbocycles. The summed E-state index contributed by atoms with van der Waals surface area (Å²) in [6.45, 7) is 0. The van der Waals surface area contributed by atoms with Gasteiger partial charge in [-0.25, -0.2) is 0 Å². The summed E-state index contributed by atoms with van der Waals surface area (Å²) in [6.07, 6.45) is 3.88. The number of nitrogens with one attached hydrogen (secondary N) is 1. The summed E-state index contributed by atoms with van der Waals surface area (Å²) in [5, 5.41) is 13.3. The zero-order valence-corrected chi connectivity index (χ0v) is 11.0. The van der Waals surface area contributed by atoms with Crippen LogP contribution in [0.3, 0.4) is 0 Å². The summed E-state index contributed by atoms with van der Waals surface area (Å²) >= 11 is 0. The van der Waals surface area contributed by atoms with Crippen LogP contribution in [0.1, 0.15) is 25.7 Å². The summed E-state index contributed by atoms with van der Waals surface area (Å²) in [5.41, 5.74) is 0.928. The molecule has 1 saturated carbocycles. The lowest BCUT2D eigenvalue weighted by molar-refractivity contribution is 0.116. The van der Waals surface area contributed by atoms with Gasteiger partial charge in [0.2, 0.25) is 0 Å². The fourth-order valence-corrected chi connectivity index (χ4v) is 2.38. The molecule has 18 heavy (non-hydrogen) atoms. The fraction of sp³-hybridized carbons (Fsp3) is 0.571. The number of anilines is 1. The van der Waals surface area contributed by atoms with Gasteiger partial charge in [-0.05, 0) is 12.8 Å². The van der Waals surface area contributed by atoms with E-state index in [2.05, 4.69) is 5.32 Å². The van der Waals surface area contributed by atoms with Crippen LogP contribution in [-0.2, 0) is 0 Å². The van der Waals surface area contributed by atoms with E-state index in [4.69, 9.17) is 9.47 Å². The Balaban J connectivity index is 2.12. The van der Waals surface area contributed by atoms with Gasteiger partial charge in [0.1, 0.15) is 11.5 Å². The van der Waals surface area contributed by atoms with Gasteiger partial charge in [0.25, 0.3) is 0 Å². The van der Waals surface area contributed by atoms with E-state index in [1.165, 1.54) is 0 Å². The van der Waals surface area contributed by atoms with E-state index in [0.29, 0.717) is 0 Å². The van der Waals surface area contributed by atoms with Crippen molar-refractivity contribution in [2.24, 2.45) is 0 Å². The Morgan fingerprint density at radius 3 is 2.22 bits per heavy atom. The minimum Gasteiger partial charge on any atom is -0.497 e. The molecular formula is C14H21NO3. The average molecular weight is 251 g/mol. The minimum absolute atomic E-state index is 0.121. The van der Waals surface area contributed by atoms with E-state index in [0.717, 1.165) is 42.9 Å². The Hall–Kier alpha value is -1.42. The molecule has 2 atom stereocenters. The van der Waals surface area contributed by atoms with Gasteiger partial charge >= 0.3 is 0 Å². The molecule has 0 saturated heterocycles. The third kappa shape index (κ3) is 3.07. The predicted molar refractivity (Wildman–Crippen MR) is 71.4 cm³/mol. The first kappa shape index (κ1) is 13.0. The Labute approximate surface area is 108 Å². The van der Waals surface area contributed by atoms with Crippen LogP contribution in [0.5, 0.6) is 11.5 Å². The molecule has 0 amide bonds. The van der Waals surface area contributed by atoms with Crippen LogP contribution in [0.15, 0.2) is 18.2 Å². The summed E-state index contributed by atoms with van der Waals surface area (Å²) in [7, 11) is 3.27. The molecule has 1 aliphatic rings. The Morgan fingerprint density at radius 2 is 1.67 bits per heavy atom. The molecule has 1 aromatic rings. The highest BCUT2D eigenvalue weighted by Crippen LogP contribution is 2.28. The highest BCUT2D eigenvalue weighted by atomic mass is 16.5. The molecule has 1 aromatic carbocycles. The topological polar surface area (TPSA) is 50.7 Å². The van der Waals surface area contributed by atoms with E-state index in [1.54, 1.807) is 14.2 Å². The molecule has 4 nitrogen and oxygen atoms in total. The van der Waals surface area contributed by atoms with Crippen LogP contribution in [0, 0.1) is 0 Å². The van der Waals surface area contributed by atoms with Crippen molar-refractivity contribution < 1.29 is 14.6 Å². The number of benzene rings is 1. The number of hydrogen-bond donors (Lipinski definition) is 2. The third-order valence-electron chi connectivity index (χ3n) is 3.43. The maximum absolute atomic E-state index is 9.96. The molecule has 0 aliphatic heterocycles. The maximum atomic E-state index is 9.96. The number of aliphatic hydroxyl groups is 1. The van der Waals surface area contributed by atoms with Crippen LogP contribution in [0.2, 0.25) is 0 Å². The van der Waals surface area contributed by atoms with Gasteiger partial charge < -0.3 is 19.9 Å². The van der Waals surface area contributed by atoms with Crippen molar-refractivity contribution in [2.75, 3.05) is 19.5 Å². The van der Waals surface area contributed by atoms with Crippen LogP contribution < -0.4 is 14.8 Å². The SMILES string of the molecule is COc1cc(NC2CCCCC2O)cc(OC)c1. The second-order valence-corrected chi connectivity index (χ2v) is 4.70. The molecule has 1 fully saturated rings. The Morgan fingerprint density at radius 1 is 1.06 bits per heavy atom.